The number of hydrogen-bond acceptors (Lipinski definition) is 4. The minimum absolute atomic E-state index is 0.449. The van der Waals surface area contributed by atoms with E-state index in [1.165, 1.54) is 55.2 Å². The van der Waals surface area contributed by atoms with E-state index >= 15 is 0 Å². The zero-order chi connectivity index (χ0) is 26.1. The average Bonchev–Trinajstić information content (AvgIpc) is 3.28. The van der Waals surface area contributed by atoms with Crippen molar-refractivity contribution in [3.05, 3.63) is 59.3 Å². The molecule has 0 aliphatic heterocycles. The van der Waals surface area contributed by atoms with Gasteiger partial charge < -0.3 is 10.2 Å². The van der Waals surface area contributed by atoms with Gasteiger partial charge in [0.2, 0.25) is 0 Å². The van der Waals surface area contributed by atoms with Crippen LogP contribution in [0.25, 0.3) is 11.2 Å². The molecule has 0 spiro atoms. The third-order valence-corrected chi connectivity index (χ3v) is 7.09. The molecule has 5 heteroatoms. The van der Waals surface area contributed by atoms with Crippen LogP contribution in [0, 0.1) is 6.92 Å². The van der Waals surface area contributed by atoms with Crippen LogP contribution in [0.2, 0.25) is 0 Å². The Morgan fingerprint density at radius 2 is 1.89 bits per heavy atom. The fraction of sp³-hybridized carbons (Fsp3) is 0.548. The minimum Gasteiger partial charge on any atom is -0.370 e. The Bertz CT molecular complexity index is 1130. The maximum Gasteiger partial charge on any atom is 0.160 e. The van der Waals surface area contributed by atoms with Gasteiger partial charge in [-0.25, -0.2) is 4.98 Å². The van der Waals surface area contributed by atoms with Crippen LogP contribution in [0.15, 0.2) is 36.9 Å². The molecule has 0 bridgehead atoms. The molecule has 36 heavy (non-hydrogen) atoms. The predicted molar refractivity (Wildman–Crippen MR) is 156 cm³/mol. The van der Waals surface area contributed by atoms with Crippen LogP contribution in [0.3, 0.4) is 0 Å². The monoisotopic (exact) mass is 489 g/mol. The maximum atomic E-state index is 5.01. The van der Waals surface area contributed by atoms with E-state index in [0.29, 0.717) is 5.92 Å². The third kappa shape index (κ3) is 7.35. The highest BCUT2D eigenvalue weighted by Gasteiger charge is 2.16. The van der Waals surface area contributed by atoms with Crippen molar-refractivity contribution in [3.63, 3.8) is 0 Å². The molecule has 0 fully saturated rings. The van der Waals surface area contributed by atoms with E-state index in [1.807, 2.05) is 4.52 Å². The number of benzene rings is 1. The number of unbranched alkanes of at least 4 members (excludes halogenated alkanes) is 4. The van der Waals surface area contributed by atoms with Crippen molar-refractivity contribution in [3.8, 4) is 0 Å². The van der Waals surface area contributed by atoms with Crippen LogP contribution in [0.5, 0.6) is 0 Å². The molecule has 1 atom stereocenters. The van der Waals surface area contributed by atoms with Crippen LogP contribution < -0.4 is 10.2 Å². The average molecular weight is 490 g/mol. The summed E-state index contributed by atoms with van der Waals surface area (Å²) in [7, 11) is 2.18. The highest BCUT2D eigenvalue weighted by Crippen LogP contribution is 2.26. The number of aryl methyl sites for hydroxylation is 2. The largest absolute Gasteiger partial charge is 0.370 e. The number of nitrogens with one attached hydrogen (secondary N) is 1. The van der Waals surface area contributed by atoms with Crippen molar-refractivity contribution in [2.45, 2.75) is 91.9 Å². The summed E-state index contributed by atoms with van der Waals surface area (Å²) in [6.07, 6.45) is 9.60. The lowest BCUT2D eigenvalue weighted by Crippen LogP contribution is -2.22. The van der Waals surface area contributed by atoms with Crippen molar-refractivity contribution in [1.82, 2.24) is 14.6 Å². The molecule has 0 saturated carbocycles. The number of hydrogen-bond donors (Lipinski definition) is 1. The summed E-state index contributed by atoms with van der Waals surface area (Å²) in [5, 5.41) is 8.41. The molecule has 2 heterocycles. The van der Waals surface area contributed by atoms with Gasteiger partial charge in [-0.05, 0) is 57.6 Å². The van der Waals surface area contributed by atoms with Crippen LogP contribution in [-0.2, 0) is 6.42 Å². The van der Waals surface area contributed by atoms with Crippen molar-refractivity contribution >= 4 is 22.9 Å². The fourth-order valence-corrected chi connectivity index (χ4v) is 4.87. The Kier molecular flexibility index (Phi) is 10.4. The summed E-state index contributed by atoms with van der Waals surface area (Å²) in [6, 6.07) is 11.1. The lowest BCUT2D eigenvalue weighted by atomic mass is 9.95. The number of anilines is 2. The first kappa shape index (κ1) is 27.8. The van der Waals surface area contributed by atoms with E-state index in [4.69, 9.17) is 10.1 Å². The number of allylic oxidation sites excluding steroid dienone is 1. The van der Waals surface area contributed by atoms with Gasteiger partial charge in [0.25, 0.3) is 0 Å². The first-order valence-electron chi connectivity index (χ1n) is 13.9. The maximum absolute atomic E-state index is 5.01. The second-order valence-corrected chi connectivity index (χ2v) is 10.4. The molecular weight excluding hydrogens is 442 g/mol. The van der Waals surface area contributed by atoms with Crippen molar-refractivity contribution in [2.75, 3.05) is 30.4 Å². The zero-order valence-electron chi connectivity index (χ0n) is 23.5. The highest BCUT2D eigenvalue weighted by atomic mass is 15.3. The van der Waals surface area contributed by atoms with E-state index < -0.39 is 0 Å². The van der Waals surface area contributed by atoms with Gasteiger partial charge in [-0.15, -0.1) is 0 Å². The van der Waals surface area contributed by atoms with Gasteiger partial charge in [-0.1, -0.05) is 75.4 Å². The van der Waals surface area contributed by atoms with Gasteiger partial charge in [0.05, 0.1) is 5.69 Å². The molecule has 2 aromatic heterocycles. The predicted octanol–water partition coefficient (Wildman–Crippen LogP) is 8.04. The van der Waals surface area contributed by atoms with Gasteiger partial charge in [0, 0.05) is 38.2 Å². The van der Waals surface area contributed by atoms with Crippen molar-refractivity contribution in [2.24, 2.45) is 0 Å². The first-order chi connectivity index (χ1) is 17.3. The Hall–Kier alpha value is -2.82. The molecule has 1 aromatic carbocycles. The normalized spacial score (nSPS) is 12.2. The van der Waals surface area contributed by atoms with Gasteiger partial charge in [0.1, 0.15) is 11.6 Å². The lowest BCUT2D eigenvalue weighted by Gasteiger charge is -2.21. The van der Waals surface area contributed by atoms with Gasteiger partial charge in [-0.3, -0.25) is 0 Å². The Morgan fingerprint density at radius 3 is 2.61 bits per heavy atom. The standard InChI is InChI=1S/C31H47N5/c1-8-10-12-15-25(6)28-21-30-33-29(32-9-2)22-31(36(30)34-28)35(7)19-14-11-13-16-26-18-17-24(5)20-27(26)23(3)4/h17-18,20-22,25H,3,8-16,19H2,1-2,4-7H3,(H,32,33). The van der Waals surface area contributed by atoms with Crippen LogP contribution in [-0.4, -0.2) is 34.7 Å². The topological polar surface area (TPSA) is 45.5 Å². The summed E-state index contributed by atoms with van der Waals surface area (Å²) in [4.78, 5) is 7.17. The molecule has 0 aliphatic rings. The second kappa shape index (κ2) is 13.5. The second-order valence-electron chi connectivity index (χ2n) is 10.4. The van der Waals surface area contributed by atoms with Crippen LogP contribution >= 0.6 is 0 Å². The van der Waals surface area contributed by atoms with E-state index in [0.717, 1.165) is 54.5 Å². The molecule has 0 aliphatic carbocycles. The molecule has 3 rings (SSSR count). The summed E-state index contributed by atoms with van der Waals surface area (Å²) in [5.74, 6) is 2.47. The van der Waals surface area contributed by atoms with E-state index in [-0.39, 0.29) is 0 Å². The van der Waals surface area contributed by atoms with Crippen LogP contribution in [0.4, 0.5) is 11.6 Å². The molecule has 1 unspecified atom stereocenters. The third-order valence-electron chi connectivity index (χ3n) is 7.09. The van der Waals surface area contributed by atoms with Gasteiger partial charge >= 0.3 is 0 Å². The molecule has 196 valence electrons. The zero-order valence-corrected chi connectivity index (χ0v) is 23.5. The van der Waals surface area contributed by atoms with Crippen molar-refractivity contribution < 1.29 is 0 Å². The first-order valence-corrected chi connectivity index (χ1v) is 13.9. The fourth-order valence-electron chi connectivity index (χ4n) is 4.87. The summed E-state index contributed by atoms with van der Waals surface area (Å²) in [5.41, 5.74) is 7.28. The minimum atomic E-state index is 0.449. The SMILES string of the molecule is C=C(C)c1cc(C)ccc1CCCCCN(C)c1cc(NCC)nc2cc(C(C)CCCCC)nn12. The number of fused-ring (bicyclic) bond motifs is 1. The summed E-state index contributed by atoms with van der Waals surface area (Å²) in [6.45, 7) is 16.9. The van der Waals surface area contributed by atoms with E-state index in [1.54, 1.807) is 0 Å². The number of aromatic nitrogens is 3. The molecule has 0 amide bonds. The summed E-state index contributed by atoms with van der Waals surface area (Å²) < 4.78 is 2.04. The smallest absolute Gasteiger partial charge is 0.160 e. The molecule has 0 radical (unpaired) electrons. The Morgan fingerprint density at radius 1 is 1.08 bits per heavy atom. The van der Waals surface area contributed by atoms with Crippen molar-refractivity contribution in [1.29, 1.82) is 0 Å². The van der Waals surface area contributed by atoms with E-state index in [9.17, 15) is 0 Å². The molecule has 5 nitrogen and oxygen atoms in total. The molecule has 0 saturated heterocycles. The highest BCUT2D eigenvalue weighted by molar-refractivity contribution is 5.65. The quantitative estimate of drug-likeness (QED) is 0.219. The molecular formula is C31H47N5. The van der Waals surface area contributed by atoms with Crippen LogP contribution in [0.1, 0.15) is 101 Å². The molecule has 1 N–H and O–H groups in total. The Labute approximate surface area is 219 Å². The van der Waals surface area contributed by atoms with E-state index in [2.05, 4.69) is 88.8 Å². The lowest BCUT2D eigenvalue weighted by molar-refractivity contribution is 0.584. The number of rotatable bonds is 15. The Balaban J connectivity index is 1.65. The van der Waals surface area contributed by atoms with Gasteiger partial charge in [-0.2, -0.15) is 9.61 Å². The molecule has 3 aromatic rings. The summed E-state index contributed by atoms with van der Waals surface area (Å²) >= 11 is 0. The number of nitrogens with zero attached hydrogens (tertiary/aromatic N) is 4. The van der Waals surface area contributed by atoms with Gasteiger partial charge in [0.15, 0.2) is 5.65 Å².